The number of rotatable bonds is 6. The lowest BCUT2D eigenvalue weighted by atomic mass is 10.1. The Morgan fingerprint density at radius 3 is 2.34 bits per heavy atom. The molecule has 0 saturated heterocycles. The molecule has 0 aromatic heterocycles. The topological polar surface area (TPSA) is 50.7 Å². The summed E-state index contributed by atoms with van der Waals surface area (Å²) in [4.78, 5) is 12.1. The number of benzene rings is 3. The van der Waals surface area contributed by atoms with Crippen molar-refractivity contribution in [1.82, 2.24) is 5.43 Å². The number of nitrogens with zero attached hydrogens (tertiary/aromatic N) is 1. The molecule has 0 spiro atoms. The molecular weight excluding hydrogens is 671 g/mol. The van der Waals surface area contributed by atoms with Gasteiger partial charge in [0.2, 0.25) is 0 Å². The van der Waals surface area contributed by atoms with Gasteiger partial charge in [-0.25, -0.2) is 5.43 Å². The first-order valence-electron chi connectivity index (χ1n) is 9.00. The zero-order chi connectivity index (χ0) is 23.3. The lowest BCUT2D eigenvalue weighted by Gasteiger charge is -2.11. The second-order valence-electron chi connectivity index (χ2n) is 6.51. The predicted octanol–water partition coefficient (Wildman–Crippen LogP) is 6.91. The average Bonchev–Trinajstić information content (AvgIpc) is 2.74. The van der Waals surface area contributed by atoms with Crippen LogP contribution in [-0.4, -0.2) is 12.1 Å². The fourth-order valence-corrected chi connectivity index (χ4v) is 4.85. The van der Waals surface area contributed by atoms with Crippen LogP contribution in [0.3, 0.4) is 0 Å². The van der Waals surface area contributed by atoms with Crippen molar-refractivity contribution < 1.29 is 22.7 Å². The number of hydrogen-bond acceptors (Lipinski definition) is 3. The predicted molar refractivity (Wildman–Crippen MR) is 134 cm³/mol. The van der Waals surface area contributed by atoms with E-state index < -0.39 is 17.6 Å². The van der Waals surface area contributed by atoms with Crippen molar-refractivity contribution in [1.29, 1.82) is 0 Å². The number of carbonyl (C=O) groups excluding carboxylic acids is 1. The maximum atomic E-state index is 12.8. The van der Waals surface area contributed by atoms with Crippen molar-refractivity contribution in [3.63, 3.8) is 0 Å². The number of alkyl halides is 3. The highest BCUT2D eigenvalue weighted by atomic mass is 127. The molecule has 4 nitrogen and oxygen atoms in total. The Hall–Kier alpha value is -1.86. The second-order valence-corrected chi connectivity index (χ2v) is 9.27. The molecule has 0 heterocycles. The van der Waals surface area contributed by atoms with Crippen molar-refractivity contribution >= 4 is 68.9 Å². The standard InChI is InChI=1S/C22H14ClF3I2N2O2/c23-17-6-4-13(5-7-17)12-32-20-18(27)8-14(9-19(20)28)11-29-30-21(31)15-2-1-3-16(10-15)22(24,25)26/h1-11H,12H2,(H,30,31)/b29-11-. The van der Waals surface area contributed by atoms with Crippen LogP contribution < -0.4 is 10.2 Å². The van der Waals surface area contributed by atoms with Crippen molar-refractivity contribution in [3.8, 4) is 5.75 Å². The Bertz CT molecular complexity index is 1130. The van der Waals surface area contributed by atoms with E-state index in [0.29, 0.717) is 22.9 Å². The molecule has 0 aliphatic rings. The van der Waals surface area contributed by atoms with E-state index in [-0.39, 0.29) is 5.56 Å². The fraction of sp³-hybridized carbons (Fsp3) is 0.0909. The molecule has 0 atom stereocenters. The van der Waals surface area contributed by atoms with Gasteiger partial charge >= 0.3 is 6.18 Å². The van der Waals surface area contributed by atoms with E-state index in [1.165, 1.54) is 18.3 Å². The van der Waals surface area contributed by atoms with Crippen molar-refractivity contribution in [2.75, 3.05) is 0 Å². The normalized spacial score (nSPS) is 11.6. The Balaban J connectivity index is 1.65. The molecule has 0 saturated carbocycles. The molecule has 0 radical (unpaired) electrons. The summed E-state index contributed by atoms with van der Waals surface area (Å²) < 4.78 is 46.0. The molecule has 0 bridgehead atoms. The molecule has 0 unspecified atom stereocenters. The van der Waals surface area contributed by atoms with Gasteiger partial charge in [-0.2, -0.15) is 18.3 Å². The zero-order valence-corrected chi connectivity index (χ0v) is 21.2. The zero-order valence-electron chi connectivity index (χ0n) is 16.1. The second kappa shape index (κ2) is 10.8. The summed E-state index contributed by atoms with van der Waals surface area (Å²) in [5.74, 6) is -0.0223. The first-order valence-corrected chi connectivity index (χ1v) is 11.5. The van der Waals surface area contributed by atoms with Gasteiger partial charge in [0.1, 0.15) is 12.4 Å². The van der Waals surface area contributed by atoms with E-state index in [1.807, 2.05) is 24.3 Å². The molecule has 1 amide bonds. The van der Waals surface area contributed by atoms with Crippen LogP contribution >= 0.6 is 56.8 Å². The van der Waals surface area contributed by atoms with Crippen LogP contribution in [0.4, 0.5) is 13.2 Å². The third-order valence-corrected chi connectivity index (χ3v) is 6.00. The number of hydrazone groups is 1. The van der Waals surface area contributed by atoms with E-state index in [2.05, 4.69) is 55.7 Å². The van der Waals surface area contributed by atoms with Crippen LogP contribution in [0, 0.1) is 7.14 Å². The maximum absolute atomic E-state index is 12.8. The van der Waals surface area contributed by atoms with Gasteiger partial charge in [0, 0.05) is 10.6 Å². The quantitative estimate of drug-likeness (QED) is 0.174. The molecule has 0 aliphatic carbocycles. The number of hydrogen-bond donors (Lipinski definition) is 1. The smallest absolute Gasteiger partial charge is 0.416 e. The van der Waals surface area contributed by atoms with Gasteiger partial charge in [-0.05, 0) is 98.8 Å². The molecule has 32 heavy (non-hydrogen) atoms. The minimum absolute atomic E-state index is 0.132. The molecular formula is C22H14ClF3I2N2O2. The highest BCUT2D eigenvalue weighted by Gasteiger charge is 2.30. The molecule has 166 valence electrons. The monoisotopic (exact) mass is 684 g/mol. The lowest BCUT2D eigenvalue weighted by molar-refractivity contribution is -0.137. The van der Waals surface area contributed by atoms with Gasteiger partial charge in [0.05, 0.1) is 18.9 Å². The van der Waals surface area contributed by atoms with Crippen LogP contribution in [0.1, 0.15) is 27.0 Å². The highest BCUT2D eigenvalue weighted by molar-refractivity contribution is 14.1. The summed E-state index contributed by atoms with van der Waals surface area (Å²) in [5, 5.41) is 4.51. The Morgan fingerprint density at radius 1 is 1.06 bits per heavy atom. The molecule has 10 heteroatoms. The molecule has 0 aliphatic heterocycles. The van der Waals surface area contributed by atoms with Crippen molar-refractivity contribution in [2.45, 2.75) is 12.8 Å². The molecule has 0 fully saturated rings. The van der Waals surface area contributed by atoms with Gasteiger partial charge in [0.25, 0.3) is 5.91 Å². The summed E-state index contributed by atoms with van der Waals surface area (Å²) >= 11 is 10.2. The fourth-order valence-electron chi connectivity index (χ4n) is 2.59. The molecule has 3 rings (SSSR count). The molecule has 3 aromatic rings. The largest absolute Gasteiger partial charge is 0.487 e. The van der Waals surface area contributed by atoms with E-state index in [1.54, 1.807) is 12.1 Å². The number of carbonyl (C=O) groups is 1. The molecule has 3 aromatic carbocycles. The van der Waals surface area contributed by atoms with Crippen molar-refractivity contribution in [2.24, 2.45) is 5.10 Å². The number of halogens is 6. The summed E-state index contributed by atoms with van der Waals surface area (Å²) in [6.07, 6.45) is -3.11. The van der Waals surface area contributed by atoms with E-state index in [0.717, 1.165) is 24.8 Å². The Labute approximate surface area is 214 Å². The highest BCUT2D eigenvalue weighted by Crippen LogP contribution is 2.30. The third-order valence-electron chi connectivity index (χ3n) is 4.15. The summed E-state index contributed by atoms with van der Waals surface area (Å²) in [7, 11) is 0. The van der Waals surface area contributed by atoms with Crippen LogP contribution in [0.2, 0.25) is 5.02 Å². The molecule has 1 N–H and O–H groups in total. The van der Waals surface area contributed by atoms with Gasteiger partial charge in [-0.1, -0.05) is 29.8 Å². The summed E-state index contributed by atoms with van der Waals surface area (Å²) in [6.45, 7) is 0.379. The van der Waals surface area contributed by atoms with Gasteiger partial charge in [0.15, 0.2) is 0 Å². The van der Waals surface area contributed by atoms with Crippen LogP contribution in [0.5, 0.6) is 5.75 Å². The van der Waals surface area contributed by atoms with E-state index >= 15 is 0 Å². The van der Waals surface area contributed by atoms with Gasteiger partial charge in [-0.15, -0.1) is 0 Å². The lowest BCUT2D eigenvalue weighted by Crippen LogP contribution is -2.18. The van der Waals surface area contributed by atoms with Crippen LogP contribution in [0.15, 0.2) is 65.8 Å². The maximum Gasteiger partial charge on any atom is 0.416 e. The number of amides is 1. The van der Waals surface area contributed by atoms with Gasteiger partial charge in [-0.3, -0.25) is 4.79 Å². The first kappa shape index (κ1) is 24.8. The summed E-state index contributed by atoms with van der Waals surface area (Å²) in [6, 6.07) is 15.1. The van der Waals surface area contributed by atoms with Gasteiger partial charge < -0.3 is 4.74 Å². The van der Waals surface area contributed by atoms with Crippen molar-refractivity contribution in [3.05, 3.63) is 95.1 Å². The van der Waals surface area contributed by atoms with E-state index in [9.17, 15) is 18.0 Å². The van der Waals surface area contributed by atoms with Crippen LogP contribution in [-0.2, 0) is 12.8 Å². The number of ether oxygens (including phenoxy) is 1. The Morgan fingerprint density at radius 2 is 1.72 bits per heavy atom. The third kappa shape index (κ3) is 6.82. The SMILES string of the molecule is O=C(N/N=C\c1cc(I)c(OCc2ccc(Cl)cc2)c(I)c1)c1cccc(C(F)(F)F)c1. The first-order chi connectivity index (χ1) is 15.1. The Kier molecular flexibility index (Phi) is 8.39. The van der Waals surface area contributed by atoms with E-state index in [4.69, 9.17) is 16.3 Å². The summed E-state index contributed by atoms with van der Waals surface area (Å²) in [5.41, 5.74) is 2.89. The minimum Gasteiger partial charge on any atom is -0.487 e. The number of nitrogens with one attached hydrogen (secondary N) is 1. The average molecular weight is 685 g/mol. The van der Waals surface area contributed by atoms with Crippen LogP contribution in [0.25, 0.3) is 0 Å². The minimum atomic E-state index is -4.52.